The summed E-state index contributed by atoms with van der Waals surface area (Å²) in [7, 11) is 1.74. The second-order valence-electron chi connectivity index (χ2n) is 4.94. The normalized spacial score (nSPS) is 18.9. The second-order valence-corrected chi connectivity index (χ2v) is 4.94. The topological polar surface area (TPSA) is 78.4 Å². The van der Waals surface area contributed by atoms with Gasteiger partial charge in [0.25, 0.3) is 0 Å². The first-order valence-electron chi connectivity index (χ1n) is 7.02. The lowest BCUT2D eigenvalue weighted by atomic mass is 10.1. The quantitative estimate of drug-likeness (QED) is 0.849. The van der Waals surface area contributed by atoms with E-state index in [1.165, 1.54) is 6.42 Å². The van der Waals surface area contributed by atoms with Gasteiger partial charge in [-0.25, -0.2) is 0 Å². The third-order valence-corrected chi connectivity index (χ3v) is 2.83. The minimum absolute atomic E-state index is 0.00312. The molecule has 1 aromatic heterocycles. The first-order valence-corrected chi connectivity index (χ1v) is 7.02. The molecule has 0 aliphatic carbocycles. The van der Waals surface area contributed by atoms with E-state index in [1.807, 2.05) is 13.8 Å². The van der Waals surface area contributed by atoms with Gasteiger partial charge in [-0.15, -0.1) is 4.98 Å². The summed E-state index contributed by atoms with van der Waals surface area (Å²) < 4.78 is 16.7. The summed E-state index contributed by atoms with van der Waals surface area (Å²) in [6, 6.07) is 0.521. The Bertz CT molecular complexity index is 422. The summed E-state index contributed by atoms with van der Waals surface area (Å²) in [5.41, 5.74) is 0. The van der Waals surface area contributed by atoms with Crippen LogP contribution in [0.25, 0.3) is 0 Å². The van der Waals surface area contributed by atoms with E-state index in [1.54, 1.807) is 7.05 Å². The van der Waals surface area contributed by atoms with Crippen LogP contribution in [0.2, 0.25) is 0 Å². The second kappa shape index (κ2) is 7.23. The third-order valence-electron chi connectivity index (χ3n) is 2.83. The van der Waals surface area contributed by atoms with Crippen LogP contribution >= 0.6 is 0 Å². The first-order chi connectivity index (χ1) is 9.67. The van der Waals surface area contributed by atoms with Crippen LogP contribution in [0.15, 0.2) is 0 Å². The van der Waals surface area contributed by atoms with E-state index in [2.05, 4.69) is 20.3 Å². The summed E-state index contributed by atoms with van der Waals surface area (Å²) in [6.45, 7) is 5.08. The molecule has 112 valence electrons. The SMILES string of the molecule is CNc1nc(OCC2CCCCO2)nc(OC(C)C)n1. The van der Waals surface area contributed by atoms with Crippen LogP contribution in [-0.4, -0.2) is 47.4 Å². The largest absolute Gasteiger partial charge is 0.461 e. The Morgan fingerprint density at radius 1 is 1.25 bits per heavy atom. The average molecular weight is 282 g/mol. The molecular formula is C13H22N4O3. The molecule has 7 heteroatoms. The van der Waals surface area contributed by atoms with Gasteiger partial charge in [-0.1, -0.05) is 0 Å². The number of anilines is 1. The highest BCUT2D eigenvalue weighted by Crippen LogP contribution is 2.16. The van der Waals surface area contributed by atoms with E-state index in [9.17, 15) is 0 Å². The number of hydrogen-bond donors (Lipinski definition) is 1. The summed E-state index contributed by atoms with van der Waals surface area (Å²) in [5, 5.41) is 2.87. The molecule has 1 aliphatic rings. The van der Waals surface area contributed by atoms with E-state index in [4.69, 9.17) is 14.2 Å². The van der Waals surface area contributed by atoms with Crippen LogP contribution in [0.1, 0.15) is 33.1 Å². The van der Waals surface area contributed by atoms with Crippen molar-refractivity contribution in [2.75, 3.05) is 25.6 Å². The summed E-state index contributed by atoms with van der Waals surface area (Å²) in [5.74, 6) is 0.426. The number of nitrogens with zero attached hydrogens (tertiary/aromatic N) is 3. The van der Waals surface area contributed by atoms with Gasteiger partial charge in [0, 0.05) is 13.7 Å². The van der Waals surface area contributed by atoms with Crippen molar-refractivity contribution >= 4 is 5.95 Å². The van der Waals surface area contributed by atoms with Crippen LogP contribution < -0.4 is 14.8 Å². The zero-order chi connectivity index (χ0) is 14.4. The molecule has 7 nitrogen and oxygen atoms in total. The molecule has 0 saturated carbocycles. The lowest BCUT2D eigenvalue weighted by Crippen LogP contribution is -2.26. The van der Waals surface area contributed by atoms with Gasteiger partial charge in [-0.2, -0.15) is 9.97 Å². The van der Waals surface area contributed by atoms with E-state index >= 15 is 0 Å². The van der Waals surface area contributed by atoms with E-state index < -0.39 is 0 Å². The molecule has 0 radical (unpaired) electrons. The van der Waals surface area contributed by atoms with Gasteiger partial charge in [-0.05, 0) is 33.1 Å². The molecule has 0 amide bonds. The predicted octanol–water partition coefficient (Wildman–Crippen LogP) is 1.65. The van der Waals surface area contributed by atoms with Gasteiger partial charge in [0.1, 0.15) is 6.61 Å². The van der Waals surface area contributed by atoms with Crippen molar-refractivity contribution < 1.29 is 14.2 Å². The molecule has 0 aromatic carbocycles. The van der Waals surface area contributed by atoms with Crippen molar-refractivity contribution in [3.8, 4) is 12.0 Å². The van der Waals surface area contributed by atoms with Crippen molar-refractivity contribution in [1.29, 1.82) is 0 Å². The minimum atomic E-state index is -0.00312. The molecule has 1 atom stereocenters. The Hall–Kier alpha value is -1.63. The number of nitrogens with one attached hydrogen (secondary N) is 1. The first kappa shape index (κ1) is 14.8. The minimum Gasteiger partial charge on any atom is -0.461 e. The fourth-order valence-electron chi connectivity index (χ4n) is 1.88. The third kappa shape index (κ3) is 4.48. The van der Waals surface area contributed by atoms with Crippen LogP contribution in [0, 0.1) is 0 Å². The molecule has 1 aliphatic heterocycles. The van der Waals surface area contributed by atoms with Gasteiger partial charge >= 0.3 is 12.0 Å². The lowest BCUT2D eigenvalue weighted by Gasteiger charge is -2.22. The van der Waals surface area contributed by atoms with Gasteiger partial charge in [0.2, 0.25) is 5.95 Å². The molecule has 1 N–H and O–H groups in total. The maximum Gasteiger partial charge on any atom is 0.324 e. The zero-order valence-electron chi connectivity index (χ0n) is 12.3. The average Bonchev–Trinajstić information content (AvgIpc) is 2.45. The number of aromatic nitrogens is 3. The molecule has 20 heavy (non-hydrogen) atoms. The molecule has 1 fully saturated rings. The van der Waals surface area contributed by atoms with E-state index in [-0.39, 0.29) is 24.2 Å². The number of hydrogen-bond acceptors (Lipinski definition) is 7. The summed E-state index contributed by atoms with van der Waals surface area (Å²) >= 11 is 0. The standard InChI is InChI=1S/C13H22N4O3/c1-9(2)20-13-16-11(14-3)15-12(17-13)19-8-10-6-4-5-7-18-10/h9-10H,4-8H2,1-3H3,(H,14,15,16,17). The fourth-order valence-corrected chi connectivity index (χ4v) is 1.88. The number of rotatable bonds is 6. The monoisotopic (exact) mass is 282 g/mol. The lowest BCUT2D eigenvalue weighted by molar-refractivity contribution is -0.0131. The van der Waals surface area contributed by atoms with Crippen LogP contribution in [0.4, 0.5) is 5.95 Å². The van der Waals surface area contributed by atoms with Crippen molar-refractivity contribution in [3.05, 3.63) is 0 Å². The Kier molecular flexibility index (Phi) is 5.34. The molecule has 1 aromatic rings. The van der Waals surface area contributed by atoms with Crippen molar-refractivity contribution in [2.45, 2.75) is 45.3 Å². The highest BCUT2D eigenvalue weighted by atomic mass is 16.5. The van der Waals surface area contributed by atoms with Crippen LogP contribution in [0.5, 0.6) is 12.0 Å². The molecule has 2 heterocycles. The van der Waals surface area contributed by atoms with Gasteiger partial charge in [0.15, 0.2) is 0 Å². The van der Waals surface area contributed by atoms with Crippen molar-refractivity contribution in [3.63, 3.8) is 0 Å². The highest BCUT2D eigenvalue weighted by molar-refractivity contribution is 5.26. The van der Waals surface area contributed by atoms with Crippen molar-refractivity contribution in [1.82, 2.24) is 15.0 Å². The molecular weight excluding hydrogens is 260 g/mol. The molecule has 1 unspecified atom stereocenters. The van der Waals surface area contributed by atoms with Gasteiger partial charge in [0.05, 0.1) is 12.2 Å². The van der Waals surface area contributed by atoms with E-state index in [0.717, 1.165) is 19.4 Å². The fraction of sp³-hybridized carbons (Fsp3) is 0.769. The van der Waals surface area contributed by atoms with Gasteiger partial charge < -0.3 is 19.5 Å². The Morgan fingerprint density at radius 2 is 2.05 bits per heavy atom. The van der Waals surface area contributed by atoms with Crippen molar-refractivity contribution in [2.24, 2.45) is 0 Å². The maximum absolute atomic E-state index is 5.61. The maximum atomic E-state index is 5.61. The highest BCUT2D eigenvalue weighted by Gasteiger charge is 2.16. The smallest absolute Gasteiger partial charge is 0.324 e. The van der Waals surface area contributed by atoms with Gasteiger partial charge in [-0.3, -0.25) is 0 Å². The molecule has 0 spiro atoms. The van der Waals surface area contributed by atoms with E-state index in [0.29, 0.717) is 12.6 Å². The van der Waals surface area contributed by atoms with Crippen LogP contribution in [-0.2, 0) is 4.74 Å². The molecule has 1 saturated heterocycles. The summed E-state index contributed by atoms with van der Waals surface area (Å²) in [6.07, 6.45) is 3.43. The predicted molar refractivity (Wildman–Crippen MR) is 74.2 cm³/mol. The molecule has 2 rings (SSSR count). The summed E-state index contributed by atoms with van der Waals surface area (Å²) in [4.78, 5) is 12.4. The Balaban J connectivity index is 1.98. The number of ether oxygens (including phenoxy) is 3. The van der Waals surface area contributed by atoms with Crippen LogP contribution in [0.3, 0.4) is 0 Å². The Morgan fingerprint density at radius 3 is 2.70 bits per heavy atom. The molecule has 0 bridgehead atoms. The zero-order valence-corrected chi connectivity index (χ0v) is 12.3. The Labute approximate surface area is 119 Å².